The normalized spacial score (nSPS) is 19.2. The Labute approximate surface area is 169 Å². The highest BCUT2D eigenvalue weighted by atomic mass is 16.5. The molecule has 2 heterocycles. The zero-order chi connectivity index (χ0) is 21.1. The predicted octanol–water partition coefficient (Wildman–Crippen LogP) is 2.77. The summed E-state index contributed by atoms with van der Waals surface area (Å²) in [5.41, 5.74) is 0.975. The Hall–Kier alpha value is -2.97. The second-order valence-electron chi connectivity index (χ2n) is 7.57. The molecule has 1 fully saturated rings. The molecule has 156 valence electrons. The molecule has 1 saturated carbocycles. The van der Waals surface area contributed by atoms with Gasteiger partial charge in [0.25, 0.3) is 0 Å². The Morgan fingerprint density at radius 2 is 2.03 bits per heavy atom. The van der Waals surface area contributed by atoms with Gasteiger partial charge in [-0.1, -0.05) is 0 Å². The van der Waals surface area contributed by atoms with E-state index in [2.05, 4.69) is 15.1 Å². The van der Waals surface area contributed by atoms with E-state index in [0.717, 1.165) is 19.3 Å². The van der Waals surface area contributed by atoms with Crippen LogP contribution in [0.5, 0.6) is 5.75 Å². The van der Waals surface area contributed by atoms with Crippen molar-refractivity contribution in [3.8, 4) is 17.1 Å². The van der Waals surface area contributed by atoms with Gasteiger partial charge in [-0.05, 0) is 46.5 Å². The van der Waals surface area contributed by atoms with Gasteiger partial charge in [0.15, 0.2) is 17.3 Å². The SMILES string of the molecule is Cc1nc(-c2cnn(C)c2C(=O)O)ncc1O[C@H]1CCC[C@H](C(=O)OC(C)C)C1. The average molecular weight is 402 g/mol. The highest BCUT2D eigenvalue weighted by Crippen LogP contribution is 2.30. The second kappa shape index (κ2) is 8.59. The number of carboxylic acid groups (broad SMARTS) is 1. The molecule has 0 unspecified atom stereocenters. The largest absolute Gasteiger partial charge is 0.487 e. The number of carboxylic acids is 1. The van der Waals surface area contributed by atoms with Gasteiger partial charge in [0.05, 0.1) is 41.8 Å². The maximum Gasteiger partial charge on any atom is 0.354 e. The summed E-state index contributed by atoms with van der Waals surface area (Å²) in [7, 11) is 1.56. The first kappa shape index (κ1) is 20.8. The first-order valence-corrected chi connectivity index (χ1v) is 9.72. The molecule has 0 aromatic carbocycles. The van der Waals surface area contributed by atoms with Crippen molar-refractivity contribution in [2.45, 2.75) is 58.7 Å². The van der Waals surface area contributed by atoms with E-state index in [1.165, 1.54) is 10.9 Å². The summed E-state index contributed by atoms with van der Waals surface area (Å²) in [6.45, 7) is 5.47. The Kier molecular flexibility index (Phi) is 6.14. The van der Waals surface area contributed by atoms with Gasteiger partial charge in [-0.25, -0.2) is 14.8 Å². The lowest BCUT2D eigenvalue weighted by molar-refractivity contribution is -0.154. The third-order valence-corrected chi connectivity index (χ3v) is 4.92. The van der Waals surface area contributed by atoms with Gasteiger partial charge >= 0.3 is 11.9 Å². The molecule has 0 amide bonds. The summed E-state index contributed by atoms with van der Waals surface area (Å²) < 4.78 is 12.7. The van der Waals surface area contributed by atoms with Crippen molar-refractivity contribution in [3.63, 3.8) is 0 Å². The quantitative estimate of drug-likeness (QED) is 0.733. The molecule has 1 aliphatic rings. The van der Waals surface area contributed by atoms with Crippen LogP contribution in [0.25, 0.3) is 11.4 Å². The van der Waals surface area contributed by atoms with E-state index in [1.807, 2.05) is 13.8 Å². The van der Waals surface area contributed by atoms with Crippen LogP contribution in [0.1, 0.15) is 55.7 Å². The number of rotatable bonds is 6. The third-order valence-electron chi connectivity index (χ3n) is 4.92. The lowest BCUT2D eigenvalue weighted by Crippen LogP contribution is -2.32. The number of nitrogens with zero attached hydrogens (tertiary/aromatic N) is 4. The fourth-order valence-corrected chi connectivity index (χ4v) is 3.53. The molecule has 29 heavy (non-hydrogen) atoms. The highest BCUT2D eigenvalue weighted by molar-refractivity contribution is 5.92. The van der Waals surface area contributed by atoms with Crippen LogP contribution < -0.4 is 4.74 Å². The molecule has 0 saturated heterocycles. The number of aryl methyl sites for hydroxylation is 2. The van der Waals surface area contributed by atoms with Crippen LogP contribution in [0.4, 0.5) is 0 Å². The topological polar surface area (TPSA) is 116 Å². The van der Waals surface area contributed by atoms with E-state index in [4.69, 9.17) is 9.47 Å². The maximum absolute atomic E-state index is 12.2. The molecule has 0 spiro atoms. The number of ether oxygens (including phenoxy) is 2. The standard InChI is InChI=1S/C20H26N4O5/c1-11(2)28-20(27)13-6-5-7-14(8-13)29-16-10-21-18(23-12(16)3)15-9-22-24(4)17(15)19(25)26/h9-11,13-14H,5-8H2,1-4H3,(H,25,26)/t13-,14-/m0/s1. The minimum absolute atomic E-state index is 0.0249. The van der Waals surface area contributed by atoms with Gasteiger partial charge < -0.3 is 14.6 Å². The monoisotopic (exact) mass is 402 g/mol. The predicted molar refractivity (Wildman–Crippen MR) is 104 cm³/mol. The molecular weight excluding hydrogens is 376 g/mol. The van der Waals surface area contributed by atoms with E-state index in [9.17, 15) is 14.7 Å². The van der Waals surface area contributed by atoms with E-state index in [1.54, 1.807) is 20.2 Å². The number of carbonyl (C=O) groups excluding carboxylic acids is 1. The number of esters is 1. The van der Waals surface area contributed by atoms with Gasteiger partial charge in [-0.3, -0.25) is 9.48 Å². The van der Waals surface area contributed by atoms with Crippen LogP contribution in [0.15, 0.2) is 12.4 Å². The van der Waals surface area contributed by atoms with Crippen LogP contribution in [0.3, 0.4) is 0 Å². The van der Waals surface area contributed by atoms with E-state index in [-0.39, 0.29) is 35.6 Å². The zero-order valence-corrected chi connectivity index (χ0v) is 17.1. The first-order valence-electron chi connectivity index (χ1n) is 9.72. The number of aromatic carboxylic acids is 1. The molecule has 0 aliphatic heterocycles. The Bertz CT molecular complexity index is 908. The average Bonchev–Trinajstić information content (AvgIpc) is 3.05. The molecule has 2 atom stereocenters. The molecule has 1 aliphatic carbocycles. The van der Waals surface area contributed by atoms with Crippen molar-refractivity contribution < 1.29 is 24.2 Å². The van der Waals surface area contributed by atoms with E-state index in [0.29, 0.717) is 23.4 Å². The molecule has 2 aromatic rings. The number of hydrogen-bond donors (Lipinski definition) is 1. The number of hydrogen-bond acceptors (Lipinski definition) is 7. The molecule has 0 radical (unpaired) electrons. The molecule has 0 bridgehead atoms. The minimum atomic E-state index is -1.09. The van der Waals surface area contributed by atoms with Crippen LogP contribution in [-0.2, 0) is 16.6 Å². The van der Waals surface area contributed by atoms with Gasteiger partial charge in [0.1, 0.15) is 0 Å². The molecular formula is C20H26N4O5. The maximum atomic E-state index is 12.2. The Morgan fingerprint density at radius 3 is 2.69 bits per heavy atom. The Balaban J connectivity index is 1.73. The van der Waals surface area contributed by atoms with Crippen LogP contribution in [0, 0.1) is 12.8 Å². The summed E-state index contributed by atoms with van der Waals surface area (Å²) in [5, 5.41) is 13.4. The number of aromatic nitrogens is 4. The third kappa shape index (κ3) is 4.72. The second-order valence-corrected chi connectivity index (χ2v) is 7.57. The highest BCUT2D eigenvalue weighted by Gasteiger charge is 2.30. The molecule has 1 N–H and O–H groups in total. The summed E-state index contributed by atoms with van der Waals surface area (Å²) in [6, 6.07) is 0. The van der Waals surface area contributed by atoms with Gasteiger partial charge in [0.2, 0.25) is 0 Å². The van der Waals surface area contributed by atoms with E-state index < -0.39 is 5.97 Å². The molecule has 9 heteroatoms. The fraction of sp³-hybridized carbons (Fsp3) is 0.550. The summed E-state index contributed by atoms with van der Waals surface area (Å²) >= 11 is 0. The van der Waals surface area contributed by atoms with Crippen molar-refractivity contribution >= 4 is 11.9 Å². The first-order chi connectivity index (χ1) is 13.8. The van der Waals surface area contributed by atoms with Crippen LogP contribution in [0.2, 0.25) is 0 Å². The summed E-state index contributed by atoms with van der Waals surface area (Å²) in [6.07, 6.45) is 5.87. The van der Waals surface area contributed by atoms with Gasteiger partial charge in [-0.2, -0.15) is 5.10 Å². The fourth-order valence-electron chi connectivity index (χ4n) is 3.53. The van der Waals surface area contributed by atoms with Crippen LogP contribution >= 0.6 is 0 Å². The van der Waals surface area contributed by atoms with Gasteiger partial charge in [-0.15, -0.1) is 0 Å². The summed E-state index contributed by atoms with van der Waals surface area (Å²) in [4.78, 5) is 32.4. The Morgan fingerprint density at radius 1 is 1.28 bits per heavy atom. The van der Waals surface area contributed by atoms with Crippen LogP contribution in [-0.4, -0.2) is 49.0 Å². The summed E-state index contributed by atoms with van der Waals surface area (Å²) in [5.74, 6) is -0.623. The molecule has 3 rings (SSSR count). The van der Waals surface area contributed by atoms with Crippen molar-refractivity contribution in [2.24, 2.45) is 13.0 Å². The van der Waals surface area contributed by atoms with Crippen molar-refractivity contribution in [1.29, 1.82) is 0 Å². The van der Waals surface area contributed by atoms with Crippen molar-refractivity contribution in [2.75, 3.05) is 0 Å². The lowest BCUT2D eigenvalue weighted by atomic mass is 9.87. The van der Waals surface area contributed by atoms with Crippen molar-refractivity contribution in [3.05, 3.63) is 23.8 Å². The lowest BCUT2D eigenvalue weighted by Gasteiger charge is -2.29. The van der Waals surface area contributed by atoms with Crippen molar-refractivity contribution in [1.82, 2.24) is 19.7 Å². The smallest absolute Gasteiger partial charge is 0.354 e. The zero-order valence-electron chi connectivity index (χ0n) is 17.1. The minimum Gasteiger partial charge on any atom is -0.487 e. The molecule has 2 aromatic heterocycles. The van der Waals surface area contributed by atoms with Gasteiger partial charge in [0, 0.05) is 7.05 Å². The molecule has 9 nitrogen and oxygen atoms in total. The van der Waals surface area contributed by atoms with E-state index >= 15 is 0 Å². The number of carbonyl (C=O) groups is 2.